The molecule has 0 saturated heterocycles. The molecule has 1 N–H and O–H groups in total. The van der Waals surface area contributed by atoms with Crippen LogP contribution < -0.4 is 0 Å². The van der Waals surface area contributed by atoms with Gasteiger partial charge in [0.1, 0.15) is 6.61 Å². The molecule has 0 aromatic carbocycles. The number of rotatable bonds is 46. The fourth-order valence-corrected chi connectivity index (χ4v) is 6.78. The first kappa shape index (κ1) is 61.8. The Morgan fingerprint density at radius 3 is 0.985 bits per heavy atom. The van der Waals surface area contributed by atoms with Crippen molar-refractivity contribution in [1.29, 1.82) is 0 Å². The lowest BCUT2D eigenvalue weighted by Gasteiger charge is -2.15. The zero-order valence-electron chi connectivity index (χ0n) is 42.1. The second kappa shape index (κ2) is 55.1. The Morgan fingerprint density at radius 2 is 0.652 bits per heavy atom. The summed E-state index contributed by atoms with van der Waals surface area (Å²) >= 11 is 0. The molecule has 0 spiro atoms. The number of allylic oxidation sites excluding steroid dienone is 23. The number of aliphatic hydroxyl groups is 1. The van der Waals surface area contributed by atoms with Crippen LogP contribution >= 0.6 is 0 Å². The molecule has 370 valence electrons. The predicted molar refractivity (Wildman–Crippen MR) is 287 cm³/mol. The van der Waals surface area contributed by atoms with Crippen LogP contribution in [0.15, 0.2) is 146 Å². The Hall–Kier alpha value is -4.22. The standard InChI is InChI=1S/C61H96O5/c1-3-5-7-9-11-13-15-17-19-20-21-22-23-24-25-26-27-28-29-30-31-32-33-34-35-36-37-38-39-40-42-44-46-48-50-52-54-56-61(64)66-59(57-62)58-65-60(63)55-53-51-49-47-45-43-41-18-16-14-12-10-8-6-4-2/h5-8,11-14,17-19,21-22,24-25,27-28,30-31,41,45,47,51,53,59,62H,3-4,9-10,15-16,20,23,26,29,32-40,42-44,46,48-50,52,54-58H2,1-2H3/b7-5-,8-6-,13-11-,14-12-,19-17-,22-21-,25-24-,28-27-,31-30-,41-18-,47-45-,53-51-. The monoisotopic (exact) mass is 909 g/mol. The van der Waals surface area contributed by atoms with Crippen molar-refractivity contribution in [3.63, 3.8) is 0 Å². The third kappa shape index (κ3) is 52.4. The molecule has 0 bridgehead atoms. The number of carbonyl (C=O) groups is 2. The van der Waals surface area contributed by atoms with Crippen molar-refractivity contribution in [2.24, 2.45) is 0 Å². The molecule has 5 nitrogen and oxygen atoms in total. The van der Waals surface area contributed by atoms with E-state index in [2.05, 4.69) is 148 Å². The van der Waals surface area contributed by atoms with Crippen molar-refractivity contribution in [3.05, 3.63) is 146 Å². The van der Waals surface area contributed by atoms with E-state index < -0.39 is 12.1 Å². The van der Waals surface area contributed by atoms with E-state index in [1.54, 1.807) is 6.08 Å². The van der Waals surface area contributed by atoms with Crippen molar-refractivity contribution in [1.82, 2.24) is 0 Å². The first-order valence-electron chi connectivity index (χ1n) is 26.4. The van der Waals surface area contributed by atoms with E-state index in [1.165, 1.54) is 83.5 Å². The predicted octanol–water partition coefficient (Wildman–Crippen LogP) is 17.9. The fourth-order valence-electron chi connectivity index (χ4n) is 6.78. The molecular weight excluding hydrogens is 813 g/mol. The largest absolute Gasteiger partial charge is 0.461 e. The van der Waals surface area contributed by atoms with Crippen LogP contribution in [0.1, 0.15) is 206 Å². The van der Waals surface area contributed by atoms with Crippen LogP contribution in [-0.2, 0) is 19.1 Å². The fraction of sp³-hybridized carbons (Fsp3) is 0.574. The smallest absolute Gasteiger partial charge is 0.309 e. The van der Waals surface area contributed by atoms with Gasteiger partial charge in [-0.15, -0.1) is 0 Å². The maximum Gasteiger partial charge on any atom is 0.309 e. The first-order valence-corrected chi connectivity index (χ1v) is 26.4. The summed E-state index contributed by atoms with van der Waals surface area (Å²) in [5, 5.41) is 9.60. The van der Waals surface area contributed by atoms with E-state index >= 15 is 0 Å². The lowest BCUT2D eigenvalue weighted by Crippen LogP contribution is -2.28. The van der Waals surface area contributed by atoms with E-state index in [0.717, 1.165) is 96.3 Å². The Kier molecular flexibility index (Phi) is 51.6. The second-order valence-corrected chi connectivity index (χ2v) is 16.9. The zero-order valence-corrected chi connectivity index (χ0v) is 42.1. The number of unbranched alkanes of at least 4 members (excludes halogenated alkanes) is 15. The molecule has 0 heterocycles. The number of hydrogen-bond donors (Lipinski definition) is 1. The third-order valence-electron chi connectivity index (χ3n) is 10.7. The Labute approximate surface area is 406 Å². The molecule has 0 amide bonds. The maximum absolute atomic E-state index is 12.3. The second-order valence-electron chi connectivity index (χ2n) is 16.9. The van der Waals surface area contributed by atoms with Crippen molar-refractivity contribution in [3.8, 4) is 0 Å². The van der Waals surface area contributed by atoms with E-state index in [9.17, 15) is 14.7 Å². The average Bonchev–Trinajstić information content (AvgIpc) is 3.32. The topological polar surface area (TPSA) is 72.8 Å². The van der Waals surface area contributed by atoms with Crippen molar-refractivity contribution in [2.75, 3.05) is 13.2 Å². The third-order valence-corrected chi connectivity index (χ3v) is 10.7. The molecule has 1 atom stereocenters. The summed E-state index contributed by atoms with van der Waals surface area (Å²) in [6.07, 6.45) is 84.1. The van der Waals surface area contributed by atoms with Gasteiger partial charge in [0.25, 0.3) is 0 Å². The van der Waals surface area contributed by atoms with Crippen LogP contribution in [0.4, 0.5) is 0 Å². The number of carbonyl (C=O) groups excluding carboxylic acids is 2. The highest BCUT2D eigenvalue weighted by Crippen LogP contribution is 2.15. The van der Waals surface area contributed by atoms with Crippen LogP contribution in [0, 0.1) is 0 Å². The lowest BCUT2D eigenvalue weighted by atomic mass is 10.0. The van der Waals surface area contributed by atoms with Crippen LogP contribution in [0.2, 0.25) is 0 Å². The molecule has 0 fully saturated rings. The molecule has 0 aliphatic carbocycles. The summed E-state index contributed by atoms with van der Waals surface area (Å²) < 4.78 is 10.6. The molecule has 0 saturated carbocycles. The van der Waals surface area contributed by atoms with Gasteiger partial charge in [-0.05, 0) is 96.3 Å². The van der Waals surface area contributed by atoms with Gasteiger partial charge in [0.05, 0.1) is 13.0 Å². The molecule has 0 aromatic rings. The van der Waals surface area contributed by atoms with Crippen molar-refractivity contribution < 1.29 is 24.2 Å². The minimum Gasteiger partial charge on any atom is -0.461 e. The van der Waals surface area contributed by atoms with E-state index in [-0.39, 0.29) is 25.6 Å². The number of aliphatic hydroxyl groups excluding tert-OH is 1. The van der Waals surface area contributed by atoms with Gasteiger partial charge < -0.3 is 14.6 Å². The molecule has 1 unspecified atom stereocenters. The molecule has 0 aromatic heterocycles. The first-order chi connectivity index (χ1) is 32.6. The highest BCUT2D eigenvalue weighted by molar-refractivity contribution is 5.71. The van der Waals surface area contributed by atoms with Gasteiger partial charge in [0.2, 0.25) is 0 Å². The Balaban J connectivity index is 3.58. The minimum atomic E-state index is -0.821. The quantitative estimate of drug-likeness (QED) is 0.0374. The Morgan fingerprint density at radius 1 is 0.364 bits per heavy atom. The Bertz CT molecular complexity index is 1450. The summed E-state index contributed by atoms with van der Waals surface area (Å²) in [6, 6.07) is 0. The lowest BCUT2D eigenvalue weighted by molar-refractivity contribution is -0.161. The van der Waals surface area contributed by atoms with Gasteiger partial charge >= 0.3 is 11.9 Å². The van der Waals surface area contributed by atoms with Gasteiger partial charge in [-0.25, -0.2) is 0 Å². The summed E-state index contributed by atoms with van der Waals surface area (Å²) in [7, 11) is 0. The molecule has 5 heteroatoms. The molecule has 0 rings (SSSR count). The highest BCUT2D eigenvalue weighted by Gasteiger charge is 2.15. The molecule has 0 aliphatic heterocycles. The molecule has 0 aliphatic rings. The van der Waals surface area contributed by atoms with Crippen molar-refractivity contribution in [2.45, 2.75) is 213 Å². The summed E-state index contributed by atoms with van der Waals surface area (Å²) in [5.41, 5.74) is 0. The summed E-state index contributed by atoms with van der Waals surface area (Å²) in [4.78, 5) is 24.3. The van der Waals surface area contributed by atoms with Gasteiger partial charge in [0, 0.05) is 6.42 Å². The average molecular weight is 909 g/mol. The van der Waals surface area contributed by atoms with E-state index in [1.807, 2.05) is 6.08 Å². The van der Waals surface area contributed by atoms with Gasteiger partial charge in [0.15, 0.2) is 6.10 Å². The maximum atomic E-state index is 12.3. The number of esters is 2. The zero-order chi connectivity index (χ0) is 47.7. The summed E-state index contributed by atoms with van der Waals surface area (Å²) in [5.74, 6) is -0.746. The van der Waals surface area contributed by atoms with Crippen LogP contribution in [0.5, 0.6) is 0 Å². The SMILES string of the molecule is CC/C=C\C/C=C\C/C=C\C/C=C\C/C=C\C/C=C\C/C=C\CCCCCCCCCCCCCCCCCC(=O)OC(CO)COC(=O)C/C=C\C/C=C\C/C=C\C/C=C\C/C=C\CC. The summed E-state index contributed by atoms with van der Waals surface area (Å²) in [6.45, 7) is 3.81. The number of hydrogen-bond acceptors (Lipinski definition) is 5. The van der Waals surface area contributed by atoms with Gasteiger partial charge in [-0.2, -0.15) is 0 Å². The molecule has 0 radical (unpaired) electrons. The van der Waals surface area contributed by atoms with Crippen LogP contribution in [0.25, 0.3) is 0 Å². The van der Waals surface area contributed by atoms with E-state index in [0.29, 0.717) is 6.42 Å². The van der Waals surface area contributed by atoms with Crippen molar-refractivity contribution >= 4 is 11.9 Å². The number of ether oxygens (including phenoxy) is 2. The highest BCUT2D eigenvalue weighted by atomic mass is 16.6. The van der Waals surface area contributed by atoms with E-state index in [4.69, 9.17) is 9.47 Å². The van der Waals surface area contributed by atoms with Crippen LogP contribution in [-0.4, -0.2) is 36.4 Å². The minimum absolute atomic E-state index is 0.127. The normalized spacial score (nSPS) is 13.4. The van der Waals surface area contributed by atoms with Gasteiger partial charge in [-0.1, -0.05) is 243 Å². The van der Waals surface area contributed by atoms with Crippen LogP contribution in [0.3, 0.4) is 0 Å². The molecule has 66 heavy (non-hydrogen) atoms. The molecular formula is C61H96O5. The van der Waals surface area contributed by atoms with Gasteiger partial charge in [-0.3, -0.25) is 9.59 Å².